The lowest BCUT2D eigenvalue weighted by atomic mass is 9.93. The van der Waals surface area contributed by atoms with Crippen molar-refractivity contribution in [3.05, 3.63) is 34.6 Å². The van der Waals surface area contributed by atoms with Gasteiger partial charge in [0.25, 0.3) is 0 Å². The summed E-state index contributed by atoms with van der Waals surface area (Å²) in [6.07, 6.45) is 0.404. The summed E-state index contributed by atoms with van der Waals surface area (Å²) in [4.78, 5) is 11.2. The highest BCUT2D eigenvalue weighted by Gasteiger charge is 2.30. The van der Waals surface area contributed by atoms with Crippen LogP contribution >= 0.6 is 11.6 Å². The predicted octanol–water partition coefficient (Wildman–Crippen LogP) is 2.47. The van der Waals surface area contributed by atoms with Crippen LogP contribution in [0, 0.1) is 5.82 Å². The SMILES string of the molecule is CC1NC(=O)CC1c1cc(F)cc(Cl)c1. The Morgan fingerprint density at radius 1 is 1.47 bits per heavy atom. The van der Waals surface area contributed by atoms with E-state index in [1.165, 1.54) is 12.1 Å². The molecule has 1 aliphatic heterocycles. The van der Waals surface area contributed by atoms with Gasteiger partial charge >= 0.3 is 0 Å². The molecule has 1 amide bonds. The Morgan fingerprint density at radius 2 is 2.20 bits per heavy atom. The van der Waals surface area contributed by atoms with Crippen LogP contribution in [-0.4, -0.2) is 11.9 Å². The summed E-state index contributed by atoms with van der Waals surface area (Å²) in [5, 5.41) is 3.17. The van der Waals surface area contributed by atoms with Crippen molar-refractivity contribution in [2.75, 3.05) is 0 Å². The highest BCUT2D eigenvalue weighted by atomic mass is 35.5. The predicted molar refractivity (Wildman–Crippen MR) is 56.4 cm³/mol. The molecule has 2 atom stereocenters. The molecule has 1 aromatic rings. The summed E-state index contributed by atoms with van der Waals surface area (Å²) in [6, 6.07) is 4.45. The minimum absolute atomic E-state index is 0.00730. The third-order valence-electron chi connectivity index (χ3n) is 2.71. The minimum Gasteiger partial charge on any atom is -0.353 e. The number of hydrogen-bond acceptors (Lipinski definition) is 1. The van der Waals surface area contributed by atoms with Gasteiger partial charge in [-0.3, -0.25) is 4.79 Å². The van der Waals surface area contributed by atoms with Crippen LogP contribution in [0.25, 0.3) is 0 Å². The van der Waals surface area contributed by atoms with Crippen molar-refractivity contribution in [1.82, 2.24) is 5.32 Å². The van der Waals surface area contributed by atoms with Crippen molar-refractivity contribution in [1.29, 1.82) is 0 Å². The maximum atomic E-state index is 13.1. The molecule has 0 spiro atoms. The number of carbonyl (C=O) groups excluding carboxylic acids is 1. The monoisotopic (exact) mass is 227 g/mol. The third kappa shape index (κ3) is 2.12. The lowest BCUT2D eigenvalue weighted by Gasteiger charge is -2.14. The summed E-state index contributed by atoms with van der Waals surface area (Å²) in [6.45, 7) is 1.91. The van der Waals surface area contributed by atoms with Gasteiger partial charge in [-0.25, -0.2) is 4.39 Å². The van der Waals surface area contributed by atoms with Crippen LogP contribution in [0.2, 0.25) is 5.02 Å². The zero-order valence-electron chi connectivity index (χ0n) is 8.26. The summed E-state index contributed by atoms with van der Waals surface area (Å²) >= 11 is 5.77. The Bertz CT molecular complexity index is 387. The Hall–Kier alpha value is -1.09. The summed E-state index contributed by atoms with van der Waals surface area (Å²) in [5.74, 6) is -0.331. The first-order valence-corrected chi connectivity index (χ1v) is 5.19. The quantitative estimate of drug-likeness (QED) is 0.785. The lowest BCUT2D eigenvalue weighted by molar-refractivity contribution is -0.119. The lowest BCUT2D eigenvalue weighted by Crippen LogP contribution is -2.24. The molecule has 0 bridgehead atoms. The maximum Gasteiger partial charge on any atom is 0.220 e. The maximum absolute atomic E-state index is 13.1. The number of benzene rings is 1. The number of amides is 1. The van der Waals surface area contributed by atoms with Crippen LogP contribution in [0.15, 0.2) is 18.2 Å². The minimum atomic E-state index is -0.357. The average molecular weight is 228 g/mol. The van der Waals surface area contributed by atoms with E-state index in [1.54, 1.807) is 6.07 Å². The van der Waals surface area contributed by atoms with Crippen LogP contribution in [0.1, 0.15) is 24.8 Å². The molecule has 1 fully saturated rings. The molecular formula is C11H11ClFNO. The van der Waals surface area contributed by atoms with E-state index in [4.69, 9.17) is 11.6 Å². The van der Waals surface area contributed by atoms with Gasteiger partial charge in [0.05, 0.1) is 0 Å². The second-order valence-electron chi connectivity index (χ2n) is 3.87. The van der Waals surface area contributed by atoms with Gasteiger partial charge in [0.1, 0.15) is 5.82 Å². The Morgan fingerprint density at radius 3 is 2.73 bits per heavy atom. The van der Waals surface area contributed by atoms with E-state index >= 15 is 0 Å². The fraction of sp³-hybridized carbons (Fsp3) is 0.364. The molecule has 1 saturated heterocycles. The van der Waals surface area contributed by atoms with Crippen molar-refractivity contribution < 1.29 is 9.18 Å². The summed E-state index contributed by atoms with van der Waals surface area (Å²) in [5.41, 5.74) is 0.783. The molecule has 2 unspecified atom stereocenters. The molecule has 0 radical (unpaired) electrons. The van der Waals surface area contributed by atoms with E-state index in [1.807, 2.05) is 6.92 Å². The molecule has 4 heteroatoms. The van der Waals surface area contributed by atoms with E-state index < -0.39 is 0 Å². The van der Waals surface area contributed by atoms with Crippen molar-refractivity contribution in [2.24, 2.45) is 0 Å². The molecule has 1 heterocycles. The highest BCUT2D eigenvalue weighted by molar-refractivity contribution is 6.30. The Balaban J connectivity index is 2.33. The van der Waals surface area contributed by atoms with Crippen molar-refractivity contribution in [3.63, 3.8) is 0 Å². The molecule has 0 aromatic heterocycles. The number of nitrogens with one attached hydrogen (secondary N) is 1. The molecule has 2 rings (SSSR count). The van der Waals surface area contributed by atoms with Crippen LogP contribution in [-0.2, 0) is 4.79 Å². The van der Waals surface area contributed by atoms with E-state index in [2.05, 4.69) is 5.32 Å². The first-order valence-electron chi connectivity index (χ1n) is 4.81. The standard InChI is InChI=1S/C11H11ClFNO/c1-6-10(5-11(15)14-6)7-2-8(12)4-9(13)3-7/h2-4,6,10H,5H2,1H3,(H,14,15). The molecule has 15 heavy (non-hydrogen) atoms. The van der Waals surface area contributed by atoms with E-state index in [0.717, 1.165) is 5.56 Å². The van der Waals surface area contributed by atoms with Gasteiger partial charge in [-0.2, -0.15) is 0 Å². The van der Waals surface area contributed by atoms with Crippen molar-refractivity contribution in [3.8, 4) is 0 Å². The molecule has 2 nitrogen and oxygen atoms in total. The van der Waals surface area contributed by atoms with Gasteiger partial charge in [-0.1, -0.05) is 11.6 Å². The molecule has 80 valence electrons. The number of hydrogen-bond donors (Lipinski definition) is 1. The second kappa shape index (κ2) is 3.81. The molecular weight excluding hydrogens is 217 g/mol. The summed E-state index contributed by atoms with van der Waals surface area (Å²) in [7, 11) is 0. The zero-order valence-corrected chi connectivity index (χ0v) is 9.01. The van der Waals surface area contributed by atoms with E-state index in [0.29, 0.717) is 11.4 Å². The fourth-order valence-corrected chi connectivity index (χ4v) is 2.22. The largest absolute Gasteiger partial charge is 0.353 e. The van der Waals surface area contributed by atoms with Crippen LogP contribution in [0.4, 0.5) is 4.39 Å². The molecule has 1 aliphatic rings. The van der Waals surface area contributed by atoms with Crippen LogP contribution in [0.5, 0.6) is 0 Å². The van der Waals surface area contributed by atoms with Gasteiger partial charge in [0.2, 0.25) is 5.91 Å². The number of rotatable bonds is 1. The Labute approximate surface area is 92.4 Å². The topological polar surface area (TPSA) is 29.1 Å². The van der Waals surface area contributed by atoms with Gasteiger partial charge in [0.15, 0.2) is 0 Å². The third-order valence-corrected chi connectivity index (χ3v) is 2.93. The fourth-order valence-electron chi connectivity index (χ4n) is 1.99. The van der Waals surface area contributed by atoms with Crippen LogP contribution in [0.3, 0.4) is 0 Å². The van der Waals surface area contributed by atoms with E-state index in [9.17, 15) is 9.18 Å². The number of carbonyl (C=O) groups is 1. The molecule has 0 saturated carbocycles. The highest BCUT2D eigenvalue weighted by Crippen LogP contribution is 2.30. The molecule has 1 aromatic carbocycles. The Kier molecular flexibility index (Phi) is 2.65. The first kappa shape index (κ1) is 10.4. The normalized spacial score (nSPS) is 25.4. The second-order valence-corrected chi connectivity index (χ2v) is 4.31. The first-order chi connectivity index (χ1) is 7.06. The smallest absolute Gasteiger partial charge is 0.220 e. The average Bonchev–Trinajstić information content (AvgIpc) is 2.43. The number of halogens is 2. The van der Waals surface area contributed by atoms with Crippen molar-refractivity contribution in [2.45, 2.75) is 25.3 Å². The summed E-state index contributed by atoms with van der Waals surface area (Å²) < 4.78 is 13.1. The van der Waals surface area contributed by atoms with Crippen molar-refractivity contribution >= 4 is 17.5 Å². The van der Waals surface area contributed by atoms with Gasteiger partial charge < -0.3 is 5.32 Å². The van der Waals surface area contributed by atoms with Crippen LogP contribution < -0.4 is 5.32 Å². The van der Waals surface area contributed by atoms with Gasteiger partial charge in [0, 0.05) is 23.4 Å². The van der Waals surface area contributed by atoms with Gasteiger partial charge in [-0.05, 0) is 30.7 Å². The zero-order chi connectivity index (χ0) is 11.0. The van der Waals surface area contributed by atoms with E-state index in [-0.39, 0.29) is 23.7 Å². The molecule has 0 aliphatic carbocycles. The van der Waals surface area contributed by atoms with Gasteiger partial charge in [-0.15, -0.1) is 0 Å². The molecule has 1 N–H and O–H groups in total.